The van der Waals surface area contributed by atoms with E-state index >= 15 is 0 Å². The first-order valence-corrected chi connectivity index (χ1v) is 6.37. The Morgan fingerprint density at radius 3 is 2.53 bits per heavy atom. The van der Waals surface area contributed by atoms with E-state index in [9.17, 15) is 4.79 Å². The first-order chi connectivity index (χ1) is 9.15. The highest BCUT2D eigenvalue weighted by molar-refractivity contribution is 14.1. The number of aromatic nitrogens is 2. The molecule has 1 heterocycles. The van der Waals surface area contributed by atoms with E-state index in [2.05, 4.69) is 27.6 Å². The van der Waals surface area contributed by atoms with Crippen LogP contribution in [0.5, 0.6) is 0 Å². The van der Waals surface area contributed by atoms with Gasteiger partial charge >= 0.3 is 0 Å². The molecule has 0 radical (unpaired) electrons. The SMILES string of the molecule is N#Cc1ncn(CC(=O)c2ccc(I)cc2)c1C#N. The second-order valence-corrected chi connectivity index (χ2v) is 4.97. The number of benzene rings is 1. The number of ketones is 1. The fourth-order valence-corrected chi connectivity index (χ4v) is 1.94. The van der Waals surface area contributed by atoms with Crippen LogP contribution in [0, 0.1) is 26.2 Å². The van der Waals surface area contributed by atoms with Gasteiger partial charge in [-0.05, 0) is 34.7 Å². The maximum atomic E-state index is 12.0. The summed E-state index contributed by atoms with van der Waals surface area (Å²) < 4.78 is 2.43. The van der Waals surface area contributed by atoms with Crippen LogP contribution >= 0.6 is 22.6 Å². The van der Waals surface area contributed by atoms with Gasteiger partial charge in [0.1, 0.15) is 12.1 Å². The summed E-state index contributed by atoms with van der Waals surface area (Å²) in [6, 6.07) is 10.9. The lowest BCUT2D eigenvalue weighted by atomic mass is 10.1. The van der Waals surface area contributed by atoms with E-state index in [1.807, 2.05) is 24.3 Å². The third-order valence-corrected chi connectivity index (χ3v) is 3.25. The van der Waals surface area contributed by atoms with Crippen LogP contribution in [0.4, 0.5) is 0 Å². The van der Waals surface area contributed by atoms with E-state index in [0.717, 1.165) is 3.57 Å². The molecule has 1 aromatic heterocycles. The minimum atomic E-state index is -0.130. The van der Waals surface area contributed by atoms with Gasteiger partial charge in [0.25, 0.3) is 0 Å². The quantitative estimate of drug-likeness (QED) is 0.619. The molecule has 0 saturated heterocycles. The lowest BCUT2D eigenvalue weighted by Crippen LogP contribution is -2.11. The topological polar surface area (TPSA) is 82.5 Å². The number of hydrogen-bond acceptors (Lipinski definition) is 4. The van der Waals surface area contributed by atoms with Crippen molar-refractivity contribution in [1.82, 2.24) is 9.55 Å². The zero-order valence-corrected chi connectivity index (χ0v) is 11.8. The number of hydrogen-bond donors (Lipinski definition) is 0. The minimum Gasteiger partial charge on any atom is -0.313 e. The van der Waals surface area contributed by atoms with E-state index in [4.69, 9.17) is 10.5 Å². The summed E-state index contributed by atoms with van der Waals surface area (Å²) in [6.07, 6.45) is 1.34. The smallest absolute Gasteiger partial charge is 0.182 e. The molecule has 6 heteroatoms. The summed E-state index contributed by atoms with van der Waals surface area (Å²) in [4.78, 5) is 15.8. The Kier molecular flexibility index (Phi) is 3.93. The Morgan fingerprint density at radius 1 is 1.26 bits per heavy atom. The number of Topliss-reactive ketones (excluding diaryl/α,β-unsaturated/α-hetero) is 1. The molecular weight excluding hydrogens is 355 g/mol. The highest BCUT2D eigenvalue weighted by Crippen LogP contribution is 2.10. The molecule has 0 atom stereocenters. The van der Waals surface area contributed by atoms with Crippen molar-refractivity contribution in [3.05, 3.63) is 51.1 Å². The number of nitrogens with zero attached hydrogens (tertiary/aromatic N) is 4. The van der Waals surface area contributed by atoms with E-state index in [-0.39, 0.29) is 23.7 Å². The molecule has 92 valence electrons. The molecule has 0 bridgehead atoms. The molecule has 5 nitrogen and oxygen atoms in total. The molecular formula is C13H7IN4O. The average Bonchev–Trinajstić information content (AvgIpc) is 2.81. The Hall–Kier alpha value is -2.19. The maximum Gasteiger partial charge on any atom is 0.182 e. The number of rotatable bonds is 3. The molecule has 0 N–H and O–H groups in total. The van der Waals surface area contributed by atoms with Gasteiger partial charge in [-0.25, -0.2) is 4.98 Å². The standard InChI is InChI=1S/C13H7IN4O/c14-10-3-1-9(2-4-10)13(19)7-18-8-17-11(5-15)12(18)6-16/h1-4,8H,7H2. The fraction of sp³-hybridized carbons (Fsp3) is 0.0769. The Bertz CT molecular complexity index is 704. The average molecular weight is 362 g/mol. The number of carbonyl (C=O) groups excluding carboxylic acids is 1. The van der Waals surface area contributed by atoms with Crippen molar-refractivity contribution in [2.75, 3.05) is 0 Å². The van der Waals surface area contributed by atoms with Crippen molar-refractivity contribution >= 4 is 28.4 Å². The monoisotopic (exact) mass is 362 g/mol. The van der Waals surface area contributed by atoms with E-state index in [0.29, 0.717) is 5.56 Å². The van der Waals surface area contributed by atoms with Gasteiger partial charge in [0.2, 0.25) is 0 Å². The van der Waals surface area contributed by atoms with Gasteiger partial charge in [-0.2, -0.15) is 10.5 Å². The molecule has 2 rings (SSSR count). The van der Waals surface area contributed by atoms with Gasteiger partial charge in [-0.3, -0.25) is 4.79 Å². The van der Waals surface area contributed by atoms with Crippen LogP contribution in [-0.4, -0.2) is 15.3 Å². The van der Waals surface area contributed by atoms with Crippen molar-refractivity contribution in [3.63, 3.8) is 0 Å². The molecule has 0 spiro atoms. The molecule has 1 aromatic carbocycles. The highest BCUT2D eigenvalue weighted by Gasteiger charge is 2.13. The summed E-state index contributed by atoms with van der Waals surface area (Å²) in [5.74, 6) is -0.130. The normalized spacial score (nSPS) is 9.63. The summed E-state index contributed by atoms with van der Waals surface area (Å²) in [6.45, 7) is -0.00182. The van der Waals surface area contributed by atoms with E-state index in [1.165, 1.54) is 10.9 Å². The van der Waals surface area contributed by atoms with Crippen molar-refractivity contribution < 1.29 is 4.79 Å². The zero-order chi connectivity index (χ0) is 13.8. The molecule has 0 fully saturated rings. The predicted molar refractivity (Wildman–Crippen MR) is 75.1 cm³/mol. The van der Waals surface area contributed by atoms with Gasteiger partial charge in [0, 0.05) is 9.13 Å². The summed E-state index contributed by atoms with van der Waals surface area (Å²) in [5.41, 5.74) is 0.718. The molecule has 0 unspecified atom stereocenters. The third-order valence-electron chi connectivity index (χ3n) is 2.53. The van der Waals surface area contributed by atoms with E-state index in [1.54, 1.807) is 12.1 Å². The summed E-state index contributed by atoms with van der Waals surface area (Å²) in [7, 11) is 0. The van der Waals surface area contributed by atoms with Crippen LogP contribution in [0.25, 0.3) is 0 Å². The van der Waals surface area contributed by atoms with Crippen molar-refractivity contribution in [3.8, 4) is 12.1 Å². The lowest BCUT2D eigenvalue weighted by molar-refractivity contribution is 0.0972. The summed E-state index contributed by atoms with van der Waals surface area (Å²) >= 11 is 2.16. The van der Waals surface area contributed by atoms with Gasteiger partial charge in [-0.1, -0.05) is 12.1 Å². The zero-order valence-electron chi connectivity index (χ0n) is 9.67. The maximum absolute atomic E-state index is 12.0. The lowest BCUT2D eigenvalue weighted by Gasteiger charge is -2.03. The van der Waals surface area contributed by atoms with Crippen LogP contribution in [0.3, 0.4) is 0 Å². The van der Waals surface area contributed by atoms with Crippen LogP contribution in [0.15, 0.2) is 30.6 Å². The number of halogens is 1. The molecule has 0 aliphatic heterocycles. The van der Waals surface area contributed by atoms with Gasteiger partial charge in [0.15, 0.2) is 17.2 Å². The molecule has 0 aliphatic rings. The van der Waals surface area contributed by atoms with Crippen LogP contribution in [0.2, 0.25) is 0 Å². The Morgan fingerprint density at radius 2 is 1.95 bits per heavy atom. The molecule has 2 aromatic rings. The van der Waals surface area contributed by atoms with E-state index < -0.39 is 0 Å². The first-order valence-electron chi connectivity index (χ1n) is 5.30. The fourth-order valence-electron chi connectivity index (χ4n) is 1.58. The van der Waals surface area contributed by atoms with Crippen molar-refractivity contribution in [1.29, 1.82) is 10.5 Å². The number of carbonyl (C=O) groups is 1. The number of imidazole rings is 1. The molecule has 0 saturated carbocycles. The van der Waals surface area contributed by atoms with Crippen molar-refractivity contribution in [2.45, 2.75) is 6.54 Å². The number of nitriles is 2. The van der Waals surface area contributed by atoms with Crippen LogP contribution < -0.4 is 0 Å². The van der Waals surface area contributed by atoms with Gasteiger partial charge < -0.3 is 4.57 Å². The molecule has 0 amide bonds. The van der Waals surface area contributed by atoms with Crippen molar-refractivity contribution in [2.24, 2.45) is 0 Å². The Balaban J connectivity index is 2.25. The van der Waals surface area contributed by atoms with Crippen LogP contribution in [-0.2, 0) is 6.54 Å². The second kappa shape index (κ2) is 5.63. The molecule has 0 aliphatic carbocycles. The van der Waals surface area contributed by atoms with Crippen LogP contribution in [0.1, 0.15) is 21.7 Å². The minimum absolute atomic E-state index is 0.00182. The van der Waals surface area contributed by atoms with Gasteiger partial charge in [0.05, 0.1) is 12.9 Å². The Labute approximate surface area is 123 Å². The largest absolute Gasteiger partial charge is 0.313 e. The summed E-state index contributed by atoms with van der Waals surface area (Å²) in [5, 5.41) is 17.7. The second-order valence-electron chi connectivity index (χ2n) is 3.72. The molecule has 19 heavy (non-hydrogen) atoms. The first kappa shape index (κ1) is 13.2. The van der Waals surface area contributed by atoms with Gasteiger partial charge in [-0.15, -0.1) is 0 Å². The third kappa shape index (κ3) is 2.80. The highest BCUT2D eigenvalue weighted by atomic mass is 127. The predicted octanol–water partition coefficient (Wildman–Crippen LogP) is 2.11.